The van der Waals surface area contributed by atoms with Crippen LogP contribution in [0.3, 0.4) is 0 Å². The van der Waals surface area contributed by atoms with E-state index in [-0.39, 0.29) is 0 Å². The molecule has 0 saturated carbocycles. The Morgan fingerprint density at radius 2 is 1.68 bits per heavy atom. The van der Waals surface area contributed by atoms with E-state index in [2.05, 4.69) is 89.0 Å². The summed E-state index contributed by atoms with van der Waals surface area (Å²) in [6.45, 7) is 6.45. The topological polar surface area (TPSA) is 0 Å². The second-order valence-electron chi connectivity index (χ2n) is 5.07. The van der Waals surface area contributed by atoms with Crippen LogP contribution in [0.1, 0.15) is 32.6 Å². The molecule has 2 heteroatoms. The van der Waals surface area contributed by atoms with Crippen LogP contribution >= 0.6 is 31.9 Å². The van der Waals surface area contributed by atoms with Gasteiger partial charge >= 0.3 is 0 Å². The Hall–Kier alpha value is -0.600. The average Bonchev–Trinajstić information content (AvgIpc) is 2.37. The minimum atomic E-state index is 0.337. The maximum absolute atomic E-state index is 3.82. The van der Waals surface area contributed by atoms with Gasteiger partial charge in [0.05, 0.1) is 0 Å². The van der Waals surface area contributed by atoms with Crippen molar-refractivity contribution in [1.29, 1.82) is 0 Å². The molecule has 0 spiro atoms. The van der Waals surface area contributed by atoms with Crippen molar-refractivity contribution in [2.24, 2.45) is 0 Å². The molecule has 100 valence electrons. The highest BCUT2D eigenvalue weighted by atomic mass is 79.9. The molecule has 1 unspecified atom stereocenters. The average molecular weight is 382 g/mol. The van der Waals surface area contributed by atoms with Crippen molar-refractivity contribution in [3.05, 3.63) is 68.7 Å². The molecule has 1 atom stereocenters. The van der Waals surface area contributed by atoms with Crippen LogP contribution in [0.25, 0.3) is 0 Å². The van der Waals surface area contributed by atoms with Crippen molar-refractivity contribution in [2.75, 3.05) is 0 Å². The van der Waals surface area contributed by atoms with E-state index >= 15 is 0 Å². The van der Waals surface area contributed by atoms with Crippen molar-refractivity contribution in [3.63, 3.8) is 0 Å². The van der Waals surface area contributed by atoms with Crippen LogP contribution in [-0.4, -0.2) is 0 Å². The lowest BCUT2D eigenvalue weighted by Crippen LogP contribution is -1.98. The van der Waals surface area contributed by atoms with Gasteiger partial charge in [-0.3, -0.25) is 0 Å². The fourth-order valence-electron chi connectivity index (χ4n) is 2.16. The van der Waals surface area contributed by atoms with Gasteiger partial charge in [0.2, 0.25) is 0 Å². The van der Waals surface area contributed by atoms with Gasteiger partial charge in [0.25, 0.3) is 0 Å². The number of rotatable bonds is 3. The molecule has 0 N–H and O–H groups in total. The Labute approximate surface area is 132 Å². The highest BCUT2D eigenvalue weighted by molar-refractivity contribution is 9.11. The van der Waals surface area contributed by atoms with Crippen LogP contribution in [0.4, 0.5) is 0 Å². The summed E-state index contributed by atoms with van der Waals surface area (Å²) in [6.07, 6.45) is 1.00. The molecule has 0 amide bonds. The largest absolute Gasteiger partial charge is 0.0835 e. The summed E-state index contributed by atoms with van der Waals surface area (Å²) in [4.78, 5) is 0.337. The molecule has 19 heavy (non-hydrogen) atoms. The first-order valence-electron chi connectivity index (χ1n) is 6.44. The minimum absolute atomic E-state index is 0.337. The summed E-state index contributed by atoms with van der Waals surface area (Å²) >= 11 is 7.51. The first-order valence-corrected chi connectivity index (χ1v) is 8.15. The number of aryl methyl sites for hydroxylation is 3. The molecule has 2 rings (SSSR count). The quantitative estimate of drug-likeness (QED) is 0.567. The predicted molar refractivity (Wildman–Crippen MR) is 90.2 cm³/mol. The third kappa shape index (κ3) is 3.49. The van der Waals surface area contributed by atoms with Gasteiger partial charge in [-0.05, 0) is 55.0 Å². The van der Waals surface area contributed by atoms with Gasteiger partial charge in [-0.1, -0.05) is 68.3 Å². The maximum atomic E-state index is 3.82. The molecule has 0 fully saturated rings. The normalized spacial score (nSPS) is 12.5. The summed E-state index contributed by atoms with van der Waals surface area (Å²) in [5.74, 6) is 0. The van der Waals surface area contributed by atoms with Gasteiger partial charge in [-0.2, -0.15) is 0 Å². The molecule has 0 aliphatic carbocycles. The fraction of sp³-hybridized carbons (Fsp3) is 0.294. The van der Waals surface area contributed by atoms with E-state index < -0.39 is 0 Å². The van der Waals surface area contributed by atoms with Gasteiger partial charge in [-0.25, -0.2) is 0 Å². The van der Waals surface area contributed by atoms with Crippen LogP contribution < -0.4 is 0 Å². The lowest BCUT2D eigenvalue weighted by molar-refractivity contribution is 0.937. The molecule has 0 saturated heterocycles. The zero-order valence-corrected chi connectivity index (χ0v) is 14.7. The summed E-state index contributed by atoms with van der Waals surface area (Å²) in [6, 6.07) is 13.1. The Morgan fingerprint density at radius 1 is 0.947 bits per heavy atom. The van der Waals surface area contributed by atoms with E-state index in [1.54, 1.807) is 0 Å². The number of halogens is 2. The summed E-state index contributed by atoms with van der Waals surface area (Å²) in [7, 11) is 0. The molecule has 2 aromatic rings. The number of hydrogen-bond donors (Lipinski definition) is 0. The van der Waals surface area contributed by atoms with Gasteiger partial charge in [0, 0.05) is 9.30 Å². The number of alkyl halides is 1. The maximum Gasteiger partial charge on any atom is 0.0446 e. The molecular weight excluding hydrogens is 364 g/mol. The predicted octanol–water partition coefficient (Wildman–Crippen LogP) is 6.05. The lowest BCUT2D eigenvalue weighted by Gasteiger charge is -2.14. The van der Waals surface area contributed by atoms with Gasteiger partial charge in [-0.15, -0.1) is 0 Å². The molecular formula is C17H18Br2. The van der Waals surface area contributed by atoms with Crippen molar-refractivity contribution in [1.82, 2.24) is 0 Å². The molecule has 0 nitrogen and oxygen atoms in total. The third-order valence-corrected chi connectivity index (χ3v) is 5.45. The van der Waals surface area contributed by atoms with E-state index in [0.717, 1.165) is 6.42 Å². The zero-order valence-electron chi connectivity index (χ0n) is 11.5. The lowest BCUT2D eigenvalue weighted by atomic mass is 10.00. The fourth-order valence-corrected chi connectivity index (χ4v) is 3.76. The third-order valence-electron chi connectivity index (χ3n) is 3.55. The zero-order chi connectivity index (χ0) is 14.0. The first-order chi connectivity index (χ1) is 8.99. The molecule has 0 radical (unpaired) electrons. The highest BCUT2D eigenvalue weighted by Crippen LogP contribution is 2.34. The van der Waals surface area contributed by atoms with E-state index in [0.29, 0.717) is 4.83 Å². The summed E-state index contributed by atoms with van der Waals surface area (Å²) in [5, 5.41) is 0. The van der Waals surface area contributed by atoms with E-state index in [9.17, 15) is 0 Å². The van der Waals surface area contributed by atoms with E-state index in [1.807, 2.05) is 0 Å². The minimum Gasteiger partial charge on any atom is -0.0835 e. The molecule has 0 aliphatic heterocycles. The van der Waals surface area contributed by atoms with Crippen LogP contribution in [0.5, 0.6) is 0 Å². The Balaban J connectivity index is 2.23. The van der Waals surface area contributed by atoms with Crippen molar-refractivity contribution in [2.45, 2.75) is 32.0 Å². The van der Waals surface area contributed by atoms with Crippen molar-refractivity contribution >= 4 is 31.9 Å². The second kappa shape index (κ2) is 6.23. The van der Waals surface area contributed by atoms with Crippen LogP contribution in [0.2, 0.25) is 0 Å². The number of hydrogen-bond acceptors (Lipinski definition) is 0. The monoisotopic (exact) mass is 380 g/mol. The Kier molecular flexibility index (Phi) is 4.86. The number of benzene rings is 2. The van der Waals surface area contributed by atoms with Crippen molar-refractivity contribution in [3.8, 4) is 0 Å². The van der Waals surface area contributed by atoms with E-state index in [1.165, 1.54) is 32.3 Å². The molecule has 2 aromatic carbocycles. The Bertz CT molecular complexity index is 588. The van der Waals surface area contributed by atoms with Crippen LogP contribution in [-0.2, 0) is 6.42 Å². The van der Waals surface area contributed by atoms with Gasteiger partial charge in [0.15, 0.2) is 0 Å². The van der Waals surface area contributed by atoms with E-state index in [4.69, 9.17) is 0 Å². The molecule has 0 aliphatic rings. The molecule has 0 bridgehead atoms. The van der Waals surface area contributed by atoms with Crippen LogP contribution in [0.15, 0.2) is 40.9 Å². The van der Waals surface area contributed by atoms with Gasteiger partial charge in [0.1, 0.15) is 0 Å². The second-order valence-corrected chi connectivity index (χ2v) is 6.97. The smallest absolute Gasteiger partial charge is 0.0446 e. The molecule has 0 aromatic heterocycles. The first kappa shape index (κ1) is 14.8. The SMILES string of the molecule is Cc1ccc(CC(Br)c2cccc(C)c2Br)cc1C. The Morgan fingerprint density at radius 3 is 2.37 bits per heavy atom. The summed E-state index contributed by atoms with van der Waals surface area (Å²) < 4.78 is 1.21. The van der Waals surface area contributed by atoms with Gasteiger partial charge < -0.3 is 0 Å². The van der Waals surface area contributed by atoms with Crippen LogP contribution in [0, 0.1) is 20.8 Å². The highest BCUT2D eigenvalue weighted by Gasteiger charge is 2.13. The summed E-state index contributed by atoms with van der Waals surface area (Å²) in [5.41, 5.74) is 6.69. The van der Waals surface area contributed by atoms with Crippen molar-refractivity contribution < 1.29 is 0 Å². The standard InChI is InChI=1S/C17H18Br2/c1-11-7-8-14(9-13(11)3)10-16(18)15-6-4-5-12(2)17(15)19/h4-9,16H,10H2,1-3H3. The molecule has 0 heterocycles.